The minimum Gasteiger partial charge on any atom is -0.390 e. The van der Waals surface area contributed by atoms with E-state index in [4.69, 9.17) is 0 Å². The van der Waals surface area contributed by atoms with Crippen LogP contribution in [0.5, 0.6) is 0 Å². The highest BCUT2D eigenvalue weighted by Gasteiger charge is 2.70. The van der Waals surface area contributed by atoms with Gasteiger partial charge < -0.3 is 25.7 Å². The summed E-state index contributed by atoms with van der Waals surface area (Å²) in [5, 5.41) is 28.9. The first-order valence-corrected chi connectivity index (χ1v) is 25.3. The molecule has 0 heterocycles. The number of fused-ring (bicyclic) bond motifs is 7. The molecular formula is C56H89N3O4. The number of amides is 2. The average molecular weight is 868 g/mol. The molecule has 0 bridgehead atoms. The number of nitrogens with one attached hydrogen (secondary N) is 2. The van der Waals surface area contributed by atoms with E-state index >= 15 is 0 Å². The lowest BCUT2D eigenvalue weighted by atomic mass is 9.33. The van der Waals surface area contributed by atoms with Crippen LogP contribution in [0.3, 0.4) is 0 Å². The first kappa shape index (κ1) is 51.0. The van der Waals surface area contributed by atoms with Gasteiger partial charge >= 0.3 is 0 Å². The lowest BCUT2D eigenvalue weighted by molar-refractivity contribution is -0.231. The van der Waals surface area contributed by atoms with Gasteiger partial charge in [0.25, 0.3) is 0 Å². The number of rotatable bonds is 21. The molecule has 2 amide bonds. The second-order valence-corrected chi connectivity index (χ2v) is 21.7. The van der Waals surface area contributed by atoms with Gasteiger partial charge in [-0.2, -0.15) is 0 Å². The normalized spacial score (nSPS) is 35.4. The maximum atomic E-state index is 14.5. The third-order valence-electron chi connectivity index (χ3n) is 17.5. The highest BCUT2D eigenvalue weighted by atomic mass is 16.3. The van der Waals surface area contributed by atoms with E-state index in [1.54, 1.807) is 5.57 Å². The summed E-state index contributed by atoms with van der Waals surface area (Å²) in [5.41, 5.74) is 0.903. The number of nitrogens with zero attached hydrogens (tertiary/aromatic N) is 1. The predicted molar refractivity (Wildman–Crippen MR) is 263 cm³/mol. The number of likely N-dealkylation sites (N-methyl/N-ethyl adjacent to an activating group) is 1. The summed E-state index contributed by atoms with van der Waals surface area (Å²) in [6, 6.07) is 0. The molecule has 7 heteroatoms. The van der Waals surface area contributed by atoms with Crippen LogP contribution >= 0.6 is 0 Å². The zero-order valence-electron chi connectivity index (χ0n) is 41.0. The fourth-order valence-corrected chi connectivity index (χ4v) is 13.9. The van der Waals surface area contributed by atoms with Crippen molar-refractivity contribution in [2.75, 3.05) is 33.2 Å². The Morgan fingerprint density at radius 1 is 0.746 bits per heavy atom. The number of carbonyl (C=O) groups is 2. The first-order chi connectivity index (χ1) is 30.1. The Kier molecular flexibility index (Phi) is 18.6. The molecule has 4 N–H and O–H groups in total. The second kappa shape index (κ2) is 22.9. The molecule has 4 saturated carbocycles. The van der Waals surface area contributed by atoms with Gasteiger partial charge in [0.15, 0.2) is 0 Å². The number of carbonyl (C=O) groups excluding carboxylic acids is 2. The molecule has 7 nitrogen and oxygen atoms in total. The Balaban J connectivity index is 1.01. The minimum absolute atomic E-state index is 0.00687. The fraction of sp³-hybridized carbons (Fsp3) is 0.714. The van der Waals surface area contributed by atoms with Crippen molar-refractivity contribution in [2.24, 2.45) is 50.7 Å². The van der Waals surface area contributed by atoms with E-state index in [-0.39, 0.29) is 44.8 Å². The maximum Gasteiger partial charge on any atom is 0.226 e. The van der Waals surface area contributed by atoms with Crippen molar-refractivity contribution in [3.8, 4) is 0 Å². The van der Waals surface area contributed by atoms with Gasteiger partial charge in [0.05, 0.1) is 17.6 Å². The minimum atomic E-state index is -0.690. The van der Waals surface area contributed by atoms with Gasteiger partial charge in [-0.05, 0) is 142 Å². The monoisotopic (exact) mass is 868 g/mol. The molecule has 63 heavy (non-hydrogen) atoms. The van der Waals surface area contributed by atoms with E-state index in [0.717, 1.165) is 103 Å². The maximum absolute atomic E-state index is 14.5. The summed E-state index contributed by atoms with van der Waals surface area (Å²) >= 11 is 0. The van der Waals surface area contributed by atoms with Gasteiger partial charge in [0, 0.05) is 32.6 Å². The molecule has 0 saturated heterocycles. The number of aliphatic hydroxyl groups excluding tert-OH is 2. The Hall–Kier alpha value is -3.00. The lowest BCUT2D eigenvalue weighted by Crippen LogP contribution is -2.67. The van der Waals surface area contributed by atoms with E-state index < -0.39 is 12.2 Å². The Morgan fingerprint density at radius 2 is 1.32 bits per heavy atom. The zero-order chi connectivity index (χ0) is 45.7. The van der Waals surface area contributed by atoms with Crippen molar-refractivity contribution >= 4 is 11.8 Å². The number of aliphatic hydroxyl groups is 2. The molecule has 0 aromatic heterocycles. The van der Waals surface area contributed by atoms with Crippen molar-refractivity contribution in [3.05, 3.63) is 84.6 Å². The lowest BCUT2D eigenvalue weighted by Gasteiger charge is -2.71. The van der Waals surface area contributed by atoms with Crippen molar-refractivity contribution < 1.29 is 19.8 Å². The van der Waals surface area contributed by atoms with Crippen LogP contribution in [0, 0.1) is 50.7 Å². The highest BCUT2D eigenvalue weighted by Crippen LogP contribution is 2.75. The molecule has 352 valence electrons. The summed E-state index contributed by atoms with van der Waals surface area (Å²) in [4.78, 5) is 29.2. The fourth-order valence-electron chi connectivity index (χ4n) is 13.9. The summed E-state index contributed by atoms with van der Waals surface area (Å²) in [7, 11) is 2.07. The molecule has 0 aromatic carbocycles. The molecule has 4 fully saturated rings. The van der Waals surface area contributed by atoms with Gasteiger partial charge in [-0.25, -0.2) is 0 Å². The topological polar surface area (TPSA) is 102 Å². The van der Waals surface area contributed by atoms with Crippen molar-refractivity contribution in [1.82, 2.24) is 15.5 Å². The zero-order valence-corrected chi connectivity index (χ0v) is 41.0. The average Bonchev–Trinajstić information content (AvgIpc) is 3.24. The van der Waals surface area contributed by atoms with Crippen LogP contribution in [0.15, 0.2) is 84.6 Å². The summed E-state index contributed by atoms with van der Waals surface area (Å²) in [6.07, 6.45) is 43.7. The third-order valence-corrected chi connectivity index (χ3v) is 17.5. The van der Waals surface area contributed by atoms with Crippen LogP contribution in [-0.2, 0) is 9.59 Å². The molecule has 0 spiro atoms. The van der Waals surface area contributed by atoms with E-state index in [1.807, 2.05) is 0 Å². The van der Waals surface area contributed by atoms with Crippen LogP contribution < -0.4 is 10.6 Å². The molecule has 5 aliphatic rings. The Morgan fingerprint density at radius 3 is 1.92 bits per heavy atom. The van der Waals surface area contributed by atoms with Crippen LogP contribution in [0.2, 0.25) is 0 Å². The molecule has 0 aromatic rings. The molecule has 0 aliphatic heterocycles. The number of hydrogen-bond donors (Lipinski definition) is 4. The van der Waals surface area contributed by atoms with Gasteiger partial charge in [-0.1, -0.05) is 146 Å². The highest BCUT2D eigenvalue weighted by molar-refractivity contribution is 5.84. The van der Waals surface area contributed by atoms with E-state index in [9.17, 15) is 19.8 Å². The van der Waals surface area contributed by atoms with E-state index in [1.165, 1.54) is 6.42 Å². The van der Waals surface area contributed by atoms with Crippen LogP contribution in [0.1, 0.15) is 158 Å². The quantitative estimate of drug-likeness (QED) is 0.0861. The largest absolute Gasteiger partial charge is 0.390 e. The molecular weight excluding hydrogens is 779 g/mol. The van der Waals surface area contributed by atoms with Gasteiger partial charge in [0.2, 0.25) is 11.8 Å². The van der Waals surface area contributed by atoms with Crippen LogP contribution in [-0.4, -0.2) is 72.4 Å². The van der Waals surface area contributed by atoms with Gasteiger partial charge in [0.1, 0.15) is 0 Å². The molecule has 0 radical (unpaired) electrons. The SMILES string of the molecule is CC/C=C/C/C=C/C/C=C/C/C=C/C/C=C/C/C=C/CCC(=O)NCCN(C)CCNC(=O)[C@]12CCC[C@H](C)[C@H]1C1=CC[C@@H]3[C@@]4(C)C[C@@H](O)[C@H](O)C(C)(C)[C@@H]4CC[C@@]3(C)[C@]1(C)CC2. The van der Waals surface area contributed by atoms with Crippen molar-refractivity contribution in [2.45, 2.75) is 170 Å². The Bertz CT molecular complexity index is 1720. The van der Waals surface area contributed by atoms with Gasteiger partial charge in [-0.3, -0.25) is 9.59 Å². The second-order valence-electron chi connectivity index (χ2n) is 21.7. The summed E-state index contributed by atoms with van der Waals surface area (Å²) < 4.78 is 0. The standard InChI is InChI=1S/C56H89N3O4/c1-9-10-11-12-13-14-15-16-17-18-19-20-21-22-23-24-25-26-27-30-48(61)57-38-40-59(8)41-39-58-51(63)56-34-28-29-43(2)49(56)44-31-32-47-53(5)42-45(60)50(62)52(3,4)46(53)33-35-55(47,7)54(44,6)36-37-56/h10-11,13-14,16-17,19-20,22-23,25-26,31,43,45-47,49-50,60,62H,9,12,15,18,21,24,27-30,32-42H2,1-8H3,(H,57,61)(H,58,63)/b11-10+,14-13+,17-16+,20-19+,23-22+,26-25+/t43-,45+,46-,47+,49-,50-,53-,54+,55+,56-/m0/s1. The van der Waals surface area contributed by atoms with Crippen LogP contribution in [0.4, 0.5) is 0 Å². The van der Waals surface area contributed by atoms with E-state index in [2.05, 4.69) is 150 Å². The molecule has 0 unspecified atom stereocenters. The third kappa shape index (κ3) is 11.5. The summed E-state index contributed by atoms with van der Waals surface area (Å²) in [6.45, 7) is 19.1. The smallest absolute Gasteiger partial charge is 0.226 e. The Labute approximate surface area is 384 Å². The van der Waals surface area contributed by atoms with Crippen molar-refractivity contribution in [1.29, 1.82) is 0 Å². The number of hydrogen-bond acceptors (Lipinski definition) is 5. The molecule has 5 rings (SSSR count). The molecule has 10 atom stereocenters. The van der Waals surface area contributed by atoms with Gasteiger partial charge in [-0.15, -0.1) is 0 Å². The van der Waals surface area contributed by atoms with Crippen molar-refractivity contribution in [3.63, 3.8) is 0 Å². The van der Waals surface area contributed by atoms with E-state index in [0.29, 0.717) is 43.7 Å². The molecule has 5 aliphatic carbocycles. The summed E-state index contributed by atoms with van der Waals surface area (Å²) in [5.74, 6) is 1.84. The first-order valence-electron chi connectivity index (χ1n) is 25.3. The van der Waals surface area contributed by atoms with Crippen LogP contribution in [0.25, 0.3) is 0 Å². The predicted octanol–water partition coefficient (Wildman–Crippen LogP) is 11.4. The number of allylic oxidation sites excluding steroid dienone is 14.